The number of benzene rings is 2. The van der Waals surface area contributed by atoms with E-state index in [9.17, 15) is 4.79 Å². The molecule has 24 heavy (non-hydrogen) atoms. The van der Waals surface area contributed by atoms with Gasteiger partial charge in [0, 0.05) is 17.2 Å². The van der Waals surface area contributed by atoms with Crippen LogP contribution in [0.15, 0.2) is 46.9 Å². The Labute approximate surface area is 152 Å². The third-order valence-electron chi connectivity index (χ3n) is 3.01. The average Bonchev–Trinajstić information content (AvgIpc) is 2.94. The lowest BCUT2D eigenvalue weighted by molar-refractivity contribution is -0.116. The van der Waals surface area contributed by atoms with Crippen molar-refractivity contribution in [1.82, 2.24) is 10.4 Å². The zero-order valence-corrected chi connectivity index (χ0v) is 14.3. The van der Waals surface area contributed by atoms with Crippen LogP contribution in [0.25, 0.3) is 17.2 Å². The Hall–Kier alpha value is -2.21. The summed E-state index contributed by atoms with van der Waals surface area (Å²) >= 11 is 17.8. The van der Waals surface area contributed by atoms with E-state index in [1.165, 1.54) is 24.3 Å². The maximum absolute atomic E-state index is 11.9. The lowest BCUT2D eigenvalue weighted by atomic mass is 10.3. The molecule has 0 saturated heterocycles. The first-order valence-corrected chi connectivity index (χ1v) is 7.90. The number of anilines is 1. The number of nitrogens with zero attached hydrogens (tertiary/aromatic N) is 1. The average molecular weight is 383 g/mol. The molecule has 0 bridgehead atoms. The molecule has 0 aliphatic rings. The van der Waals surface area contributed by atoms with Crippen LogP contribution in [-0.2, 0) is 4.79 Å². The molecule has 0 fully saturated rings. The van der Waals surface area contributed by atoms with Crippen LogP contribution >= 0.6 is 34.8 Å². The second-order valence-corrected chi connectivity index (χ2v) is 5.96. The Bertz CT molecular complexity index is 881. The van der Waals surface area contributed by atoms with Crippen molar-refractivity contribution in [1.29, 1.82) is 0 Å². The summed E-state index contributed by atoms with van der Waals surface area (Å²) in [5.41, 5.74) is 6.81. The van der Waals surface area contributed by atoms with Crippen molar-refractivity contribution in [2.75, 3.05) is 5.43 Å². The van der Waals surface area contributed by atoms with Crippen molar-refractivity contribution < 1.29 is 9.21 Å². The molecular formula is C16H10Cl3N3O2. The first-order valence-electron chi connectivity index (χ1n) is 6.77. The van der Waals surface area contributed by atoms with Crippen molar-refractivity contribution in [2.45, 2.75) is 0 Å². The molecule has 3 rings (SSSR count). The predicted octanol–water partition coefficient (Wildman–Crippen LogP) is 4.94. The van der Waals surface area contributed by atoms with E-state index in [0.29, 0.717) is 22.2 Å². The molecular weight excluding hydrogens is 373 g/mol. The number of carbonyl (C=O) groups excluding carboxylic acids is 1. The monoisotopic (exact) mass is 381 g/mol. The molecule has 0 saturated carbocycles. The molecule has 0 radical (unpaired) electrons. The van der Waals surface area contributed by atoms with Gasteiger partial charge in [-0.15, -0.1) is 0 Å². The number of rotatable bonds is 4. The van der Waals surface area contributed by atoms with Crippen molar-refractivity contribution in [2.24, 2.45) is 0 Å². The Morgan fingerprint density at radius 1 is 1.12 bits per heavy atom. The smallest absolute Gasteiger partial charge is 0.262 e. The number of para-hydroxylation sites is 2. The SMILES string of the molecule is O=C(/C=C/c1nc2ccccc2o1)NNc1c(Cl)cc(Cl)cc1Cl. The van der Waals surface area contributed by atoms with Crippen LogP contribution in [-0.4, -0.2) is 10.9 Å². The lowest BCUT2D eigenvalue weighted by Crippen LogP contribution is -2.27. The quantitative estimate of drug-likeness (QED) is 0.495. The fourth-order valence-electron chi connectivity index (χ4n) is 1.94. The largest absolute Gasteiger partial charge is 0.437 e. The summed E-state index contributed by atoms with van der Waals surface area (Å²) in [4.78, 5) is 16.1. The van der Waals surface area contributed by atoms with Gasteiger partial charge in [-0.3, -0.25) is 15.6 Å². The van der Waals surface area contributed by atoms with Gasteiger partial charge in [0.1, 0.15) is 5.52 Å². The predicted molar refractivity (Wildman–Crippen MR) is 96.3 cm³/mol. The van der Waals surface area contributed by atoms with E-state index >= 15 is 0 Å². The standard InChI is InChI=1S/C16H10Cl3N3O2/c17-9-7-10(18)16(11(19)8-9)22-21-14(23)5-6-15-20-12-3-1-2-4-13(12)24-15/h1-8,22H,(H,21,23)/b6-5+. The number of oxazole rings is 1. The van der Waals surface area contributed by atoms with E-state index in [2.05, 4.69) is 15.8 Å². The van der Waals surface area contributed by atoms with Gasteiger partial charge in [0.15, 0.2) is 5.58 Å². The molecule has 1 amide bonds. The van der Waals surface area contributed by atoms with E-state index in [4.69, 9.17) is 39.2 Å². The first-order chi connectivity index (χ1) is 11.5. The van der Waals surface area contributed by atoms with Crippen LogP contribution in [0.1, 0.15) is 5.89 Å². The summed E-state index contributed by atoms with van der Waals surface area (Å²) in [5.74, 6) is -0.103. The molecule has 0 spiro atoms. The molecule has 0 atom stereocenters. The highest BCUT2D eigenvalue weighted by Crippen LogP contribution is 2.33. The number of fused-ring (bicyclic) bond motifs is 1. The molecule has 1 aromatic heterocycles. The Kier molecular flexibility index (Phi) is 4.94. The number of carbonyl (C=O) groups is 1. The van der Waals surface area contributed by atoms with E-state index in [1.54, 1.807) is 6.07 Å². The van der Waals surface area contributed by atoms with Gasteiger partial charge in [-0.25, -0.2) is 4.98 Å². The van der Waals surface area contributed by atoms with Crippen LogP contribution in [0.2, 0.25) is 15.1 Å². The van der Waals surface area contributed by atoms with E-state index in [0.717, 1.165) is 5.52 Å². The van der Waals surface area contributed by atoms with Crippen molar-refractivity contribution >= 4 is 63.6 Å². The molecule has 1 heterocycles. The number of hydrogen-bond acceptors (Lipinski definition) is 4. The van der Waals surface area contributed by atoms with Crippen molar-refractivity contribution in [3.05, 3.63) is 63.4 Å². The van der Waals surface area contributed by atoms with Gasteiger partial charge in [-0.2, -0.15) is 0 Å². The number of hydrazine groups is 1. The van der Waals surface area contributed by atoms with Gasteiger partial charge in [-0.05, 0) is 24.3 Å². The molecule has 0 unspecified atom stereocenters. The minimum Gasteiger partial charge on any atom is -0.437 e. The highest BCUT2D eigenvalue weighted by Gasteiger charge is 2.08. The van der Waals surface area contributed by atoms with E-state index in [-0.39, 0.29) is 10.0 Å². The zero-order valence-electron chi connectivity index (χ0n) is 12.0. The topological polar surface area (TPSA) is 67.2 Å². The fourth-order valence-corrected chi connectivity index (χ4v) is 2.85. The first kappa shape index (κ1) is 16.6. The third kappa shape index (κ3) is 3.82. The molecule has 5 nitrogen and oxygen atoms in total. The van der Waals surface area contributed by atoms with Gasteiger partial charge in [0.05, 0.1) is 15.7 Å². The van der Waals surface area contributed by atoms with Crippen molar-refractivity contribution in [3.63, 3.8) is 0 Å². The van der Waals surface area contributed by atoms with Gasteiger partial charge in [0.2, 0.25) is 5.89 Å². The molecule has 0 aliphatic carbocycles. The Morgan fingerprint density at radius 2 is 1.83 bits per heavy atom. The van der Waals surface area contributed by atoms with Gasteiger partial charge < -0.3 is 4.42 Å². The normalized spacial score (nSPS) is 11.1. The number of halogens is 3. The fraction of sp³-hybridized carbons (Fsp3) is 0. The summed E-state index contributed by atoms with van der Waals surface area (Å²) < 4.78 is 5.48. The molecule has 122 valence electrons. The van der Waals surface area contributed by atoms with Crippen LogP contribution in [0.3, 0.4) is 0 Å². The second kappa shape index (κ2) is 7.13. The summed E-state index contributed by atoms with van der Waals surface area (Å²) in [7, 11) is 0. The lowest BCUT2D eigenvalue weighted by Gasteiger charge is -2.10. The summed E-state index contributed by atoms with van der Waals surface area (Å²) in [6.45, 7) is 0. The minimum atomic E-state index is -0.431. The number of hydrogen-bond donors (Lipinski definition) is 2. The van der Waals surface area contributed by atoms with Crippen molar-refractivity contribution in [3.8, 4) is 0 Å². The molecule has 2 N–H and O–H groups in total. The summed E-state index contributed by atoms with van der Waals surface area (Å²) in [5, 5.41) is 0.976. The van der Waals surface area contributed by atoms with Crippen LogP contribution in [0.5, 0.6) is 0 Å². The van der Waals surface area contributed by atoms with E-state index in [1.807, 2.05) is 18.2 Å². The molecule has 2 aromatic carbocycles. The zero-order chi connectivity index (χ0) is 17.1. The van der Waals surface area contributed by atoms with Crippen LogP contribution < -0.4 is 10.9 Å². The number of aromatic nitrogens is 1. The maximum atomic E-state index is 11.9. The third-order valence-corrected chi connectivity index (χ3v) is 3.82. The minimum absolute atomic E-state index is 0.288. The van der Waals surface area contributed by atoms with Gasteiger partial charge in [-0.1, -0.05) is 46.9 Å². The Balaban J connectivity index is 1.65. The summed E-state index contributed by atoms with van der Waals surface area (Å²) in [6.07, 6.45) is 2.73. The molecule has 8 heteroatoms. The maximum Gasteiger partial charge on any atom is 0.262 e. The summed E-state index contributed by atoms with van der Waals surface area (Å²) in [6, 6.07) is 10.3. The molecule has 3 aromatic rings. The van der Waals surface area contributed by atoms with Gasteiger partial charge >= 0.3 is 0 Å². The Morgan fingerprint density at radius 3 is 2.54 bits per heavy atom. The van der Waals surface area contributed by atoms with Gasteiger partial charge in [0.25, 0.3) is 5.91 Å². The highest BCUT2D eigenvalue weighted by molar-refractivity contribution is 6.41. The van der Waals surface area contributed by atoms with Crippen LogP contribution in [0, 0.1) is 0 Å². The molecule has 0 aliphatic heterocycles. The number of nitrogens with one attached hydrogen (secondary N) is 2. The van der Waals surface area contributed by atoms with E-state index < -0.39 is 5.91 Å². The second-order valence-electron chi connectivity index (χ2n) is 4.71. The highest BCUT2D eigenvalue weighted by atomic mass is 35.5. The number of amides is 1. The van der Waals surface area contributed by atoms with Crippen LogP contribution in [0.4, 0.5) is 5.69 Å².